The van der Waals surface area contributed by atoms with Crippen LogP contribution in [0, 0.1) is 13.8 Å². The highest BCUT2D eigenvalue weighted by Gasteiger charge is 2.18. The molecule has 0 aromatic carbocycles. The van der Waals surface area contributed by atoms with E-state index in [4.69, 9.17) is 0 Å². The van der Waals surface area contributed by atoms with Gasteiger partial charge < -0.3 is 4.74 Å². The minimum Gasteiger partial charge on any atom is -0.468 e. The van der Waals surface area contributed by atoms with Crippen LogP contribution in [-0.4, -0.2) is 27.7 Å². The molecule has 15 heavy (non-hydrogen) atoms. The number of esters is 1. The van der Waals surface area contributed by atoms with Gasteiger partial charge in [-0.1, -0.05) is 15.9 Å². The van der Waals surface area contributed by atoms with Crippen molar-refractivity contribution in [2.75, 3.05) is 7.11 Å². The van der Waals surface area contributed by atoms with E-state index in [-0.39, 0.29) is 10.8 Å². The van der Waals surface area contributed by atoms with Crippen molar-refractivity contribution in [3.8, 4) is 0 Å². The maximum absolute atomic E-state index is 11.2. The average Bonchev–Trinajstić information content (AvgIpc) is 2.45. The number of hydrogen-bond donors (Lipinski definition) is 0. The van der Waals surface area contributed by atoms with Crippen LogP contribution in [0.1, 0.15) is 11.4 Å². The number of carbonyl (C=O) groups excluding carboxylic acids is 1. The van der Waals surface area contributed by atoms with E-state index >= 15 is 0 Å². The van der Waals surface area contributed by atoms with E-state index in [9.17, 15) is 4.79 Å². The fraction of sp³-hybridized carbons (Fsp3) is 0.556. The molecule has 0 aliphatic rings. The van der Waals surface area contributed by atoms with Crippen LogP contribution in [0.5, 0.6) is 0 Å². The molecule has 1 aromatic rings. The minimum atomic E-state index is -0.368. The Morgan fingerprint density at radius 1 is 1.60 bits per heavy atom. The predicted octanol–water partition coefficient (Wildman–Crippen LogP) is 2.20. The number of nitrogens with zero attached hydrogens (tertiary/aromatic N) is 2. The molecule has 1 aromatic heterocycles. The van der Waals surface area contributed by atoms with Crippen molar-refractivity contribution >= 4 is 37.8 Å². The Labute approximate surface area is 105 Å². The van der Waals surface area contributed by atoms with E-state index in [0.29, 0.717) is 6.54 Å². The van der Waals surface area contributed by atoms with E-state index in [0.717, 1.165) is 15.9 Å². The maximum atomic E-state index is 11.2. The van der Waals surface area contributed by atoms with Crippen molar-refractivity contribution in [2.45, 2.75) is 25.2 Å². The highest BCUT2D eigenvalue weighted by Crippen LogP contribution is 2.20. The Hall–Kier alpha value is -0.360. The van der Waals surface area contributed by atoms with Gasteiger partial charge in [0.1, 0.15) is 4.83 Å². The second-order valence-corrected chi connectivity index (χ2v) is 5.06. The number of aryl methyl sites for hydroxylation is 1. The van der Waals surface area contributed by atoms with E-state index in [1.165, 1.54) is 7.11 Å². The molecule has 1 rings (SSSR count). The summed E-state index contributed by atoms with van der Waals surface area (Å²) < 4.78 is 7.37. The first-order valence-electron chi connectivity index (χ1n) is 4.38. The molecule has 0 aliphatic heterocycles. The van der Waals surface area contributed by atoms with Crippen LogP contribution < -0.4 is 0 Å². The zero-order valence-corrected chi connectivity index (χ0v) is 11.9. The number of aromatic nitrogens is 2. The lowest BCUT2D eigenvalue weighted by atomic mass is 10.4. The number of alkyl halides is 1. The lowest BCUT2D eigenvalue weighted by molar-refractivity contribution is -0.140. The molecule has 4 nitrogen and oxygen atoms in total. The van der Waals surface area contributed by atoms with Crippen molar-refractivity contribution < 1.29 is 9.53 Å². The van der Waals surface area contributed by atoms with Gasteiger partial charge in [0.25, 0.3) is 0 Å². The van der Waals surface area contributed by atoms with Crippen LogP contribution in [0.3, 0.4) is 0 Å². The van der Waals surface area contributed by atoms with Crippen molar-refractivity contribution in [1.82, 2.24) is 9.78 Å². The molecular formula is C9H12Br2N2O2. The first-order chi connectivity index (χ1) is 6.97. The van der Waals surface area contributed by atoms with E-state index in [1.807, 2.05) is 13.8 Å². The minimum absolute atomic E-state index is 0.293. The molecular weight excluding hydrogens is 328 g/mol. The normalized spacial score (nSPS) is 12.6. The first-order valence-corrected chi connectivity index (χ1v) is 6.09. The molecule has 0 fully saturated rings. The molecule has 1 unspecified atom stereocenters. The molecule has 0 spiro atoms. The molecule has 0 amide bonds. The van der Waals surface area contributed by atoms with Crippen molar-refractivity contribution in [1.29, 1.82) is 0 Å². The quantitative estimate of drug-likeness (QED) is 0.626. The van der Waals surface area contributed by atoms with Crippen molar-refractivity contribution in [2.24, 2.45) is 0 Å². The summed E-state index contributed by atoms with van der Waals surface area (Å²) in [6, 6.07) is 0. The largest absolute Gasteiger partial charge is 0.468 e. The van der Waals surface area contributed by atoms with Gasteiger partial charge in [-0.05, 0) is 29.8 Å². The van der Waals surface area contributed by atoms with Crippen molar-refractivity contribution in [3.63, 3.8) is 0 Å². The van der Waals surface area contributed by atoms with E-state index in [1.54, 1.807) is 4.68 Å². The van der Waals surface area contributed by atoms with Gasteiger partial charge in [-0.15, -0.1) is 0 Å². The molecule has 0 saturated heterocycles. The highest BCUT2D eigenvalue weighted by molar-refractivity contribution is 9.10. The molecule has 1 atom stereocenters. The Kier molecular flexibility index (Phi) is 4.33. The van der Waals surface area contributed by atoms with E-state index in [2.05, 4.69) is 41.7 Å². The number of halogens is 2. The summed E-state index contributed by atoms with van der Waals surface area (Å²) in [5.74, 6) is -0.293. The first kappa shape index (κ1) is 12.7. The van der Waals surface area contributed by atoms with Crippen LogP contribution >= 0.6 is 31.9 Å². The zero-order valence-electron chi connectivity index (χ0n) is 8.75. The molecule has 6 heteroatoms. The summed E-state index contributed by atoms with van der Waals surface area (Å²) in [4.78, 5) is 10.8. The standard InChI is InChI=1S/C9H12Br2N2O2/c1-5-8(11)6(2)13(12-5)4-7(10)9(14)15-3/h7H,4H2,1-3H3. The zero-order chi connectivity index (χ0) is 11.6. The topological polar surface area (TPSA) is 44.1 Å². The van der Waals surface area contributed by atoms with Crippen LogP contribution in [0.2, 0.25) is 0 Å². The highest BCUT2D eigenvalue weighted by atomic mass is 79.9. The summed E-state index contributed by atoms with van der Waals surface area (Å²) in [5, 5.41) is 4.30. The molecule has 1 heterocycles. The fourth-order valence-electron chi connectivity index (χ4n) is 1.21. The van der Waals surface area contributed by atoms with Crippen LogP contribution in [0.15, 0.2) is 4.47 Å². The van der Waals surface area contributed by atoms with E-state index < -0.39 is 0 Å². The predicted molar refractivity (Wildman–Crippen MR) is 64.1 cm³/mol. The van der Waals surface area contributed by atoms with Crippen LogP contribution in [-0.2, 0) is 16.1 Å². The summed E-state index contributed by atoms with van der Waals surface area (Å²) >= 11 is 6.69. The molecule has 0 bridgehead atoms. The number of carbonyl (C=O) groups is 1. The fourth-order valence-corrected chi connectivity index (χ4v) is 1.95. The van der Waals surface area contributed by atoms with Crippen LogP contribution in [0.25, 0.3) is 0 Å². The van der Waals surface area contributed by atoms with Gasteiger partial charge in [-0.25, -0.2) is 0 Å². The SMILES string of the molecule is COC(=O)C(Br)Cn1nc(C)c(Br)c1C. The summed E-state index contributed by atoms with van der Waals surface area (Å²) in [6.45, 7) is 4.32. The smallest absolute Gasteiger partial charge is 0.321 e. The third kappa shape index (κ3) is 2.81. The lowest BCUT2D eigenvalue weighted by Gasteiger charge is -2.08. The molecule has 0 N–H and O–H groups in total. The second kappa shape index (κ2) is 5.12. The Morgan fingerprint density at radius 2 is 2.20 bits per heavy atom. The summed E-state index contributed by atoms with van der Waals surface area (Å²) in [6.07, 6.45) is 0. The van der Waals surface area contributed by atoms with Gasteiger partial charge in [-0.2, -0.15) is 5.10 Å². The molecule has 0 aliphatic carbocycles. The van der Waals surface area contributed by atoms with Gasteiger partial charge in [0.05, 0.1) is 23.8 Å². The lowest BCUT2D eigenvalue weighted by Crippen LogP contribution is -2.22. The molecule has 0 saturated carbocycles. The van der Waals surface area contributed by atoms with Gasteiger partial charge in [0.2, 0.25) is 0 Å². The Morgan fingerprint density at radius 3 is 2.60 bits per heavy atom. The number of rotatable bonds is 3. The summed E-state index contributed by atoms with van der Waals surface area (Å²) in [5.41, 5.74) is 1.91. The van der Waals surface area contributed by atoms with Gasteiger partial charge in [0, 0.05) is 5.69 Å². The Bertz CT molecular complexity index is 376. The average molecular weight is 340 g/mol. The molecule has 0 radical (unpaired) electrons. The number of hydrogen-bond acceptors (Lipinski definition) is 3. The number of methoxy groups -OCH3 is 1. The van der Waals surface area contributed by atoms with Gasteiger partial charge >= 0.3 is 5.97 Å². The van der Waals surface area contributed by atoms with Crippen LogP contribution in [0.4, 0.5) is 0 Å². The third-order valence-corrected chi connectivity index (χ3v) is 3.89. The number of ether oxygens (including phenoxy) is 1. The van der Waals surface area contributed by atoms with Gasteiger partial charge in [-0.3, -0.25) is 9.48 Å². The van der Waals surface area contributed by atoms with Crippen molar-refractivity contribution in [3.05, 3.63) is 15.9 Å². The second-order valence-electron chi connectivity index (χ2n) is 3.16. The summed E-state index contributed by atoms with van der Waals surface area (Å²) in [7, 11) is 1.37. The van der Waals surface area contributed by atoms with Gasteiger partial charge in [0.15, 0.2) is 0 Å². The monoisotopic (exact) mass is 338 g/mol. The molecule has 84 valence electrons. The Balaban J connectivity index is 2.81. The maximum Gasteiger partial charge on any atom is 0.321 e. The third-order valence-electron chi connectivity index (χ3n) is 2.08.